The van der Waals surface area contributed by atoms with Gasteiger partial charge in [0, 0.05) is 18.8 Å². The van der Waals surface area contributed by atoms with E-state index in [1.54, 1.807) is 7.05 Å². The Balaban J connectivity index is 3.43. The molecule has 17 heavy (non-hydrogen) atoms. The summed E-state index contributed by atoms with van der Waals surface area (Å²) in [7, 11) is 1.57. The van der Waals surface area contributed by atoms with Gasteiger partial charge in [-0.25, -0.2) is 0 Å². The zero-order valence-corrected chi connectivity index (χ0v) is 10.6. The second-order valence-electron chi connectivity index (χ2n) is 4.02. The molecule has 0 saturated heterocycles. The fourth-order valence-electron chi connectivity index (χ4n) is 1.58. The van der Waals surface area contributed by atoms with Crippen molar-refractivity contribution < 1.29 is 9.90 Å². The Morgan fingerprint density at radius 2 is 2.00 bits per heavy atom. The maximum atomic E-state index is 11.4. The largest absolute Gasteiger partial charge is 0.506 e. The summed E-state index contributed by atoms with van der Waals surface area (Å²) in [6.45, 7) is 5.25. The monoisotopic (exact) mass is 231 g/mol. The number of aryl methyl sites for hydroxylation is 2. The molecule has 0 aromatic heterocycles. The van der Waals surface area contributed by atoms with Gasteiger partial charge in [-0.2, -0.15) is 0 Å². The van der Waals surface area contributed by atoms with Crippen LogP contribution in [0.1, 0.15) is 23.6 Å². The van der Waals surface area contributed by atoms with Gasteiger partial charge in [0.25, 0.3) is 0 Å². The van der Waals surface area contributed by atoms with Crippen LogP contribution < -0.4 is 0 Å². The average molecular weight is 231 g/mol. The van der Waals surface area contributed by atoms with Crippen molar-refractivity contribution in [3.05, 3.63) is 40.5 Å². The van der Waals surface area contributed by atoms with Crippen LogP contribution in [0.3, 0.4) is 0 Å². The first-order valence-electron chi connectivity index (χ1n) is 5.41. The first-order valence-corrected chi connectivity index (χ1v) is 5.41. The molecule has 0 saturated carbocycles. The molecule has 0 heterocycles. The molecule has 1 aromatic rings. The van der Waals surface area contributed by atoms with Crippen molar-refractivity contribution in [2.24, 2.45) is 4.99 Å². The van der Waals surface area contributed by atoms with Crippen molar-refractivity contribution in [3.63, 3.8) is 0 Å². The molecule has 1 N–H and O–H groups in total. The van der Waals surface area contributed by atoms with Gasteiger partial charge < -0.3 is 5.11 Å². The van der Waals surface area contributed by atoms with Crippen molar-refractivity contribution in [3.8, 4) is 0 Å². The lowest BCUT2D eigenvalue weighted by Gasteiger charge is -2.08. The zero-order chi connectivity index (χ0) is 13.0. The van der Waals surface area contributed by atoms with Crippen LogP contribution >= 0.6 is 0 Å². The van der Waals surface area contributed by atoms with Gasteiger partial charge in [0.2, 0.25) is 0 Å². The van der Waals surface area contributed by atoms with Crippen molar-refractivity contribution in [1.29, 1.82) is 0 Å². The molecule has 3 heteroatoms. The lowest BCUT2D eigenvalue weighted by atomic mass is 10.00. The molecule has 1 rings (SSSR count). The number of ketones is 1. The van der Waals surface area contributed by atoms with Gasteiger partial charge >= 0.3 is 0 Å². The lowest BCUT2D eigenvalue weighted by molar-refractivity contribution is -0.113. The summed E-state index contributed by atoms with van der Waals surface area (Å²) < 4.78 is 0. The molecular formula is C14H17NO2. The van der Waals surface area contributed by atoms with Crippen LogP contribution in [0.4, 0.5) is 0 Å². The van der Waals surface area contributed by atoms with E-state index in [1.807, 2.05) is 32.0 Å². The second kappa shape index (κ2) is 5.43. The molecule has 90 valence electrons. The minimum Gasteiger partial charge on any atom is -0.506 e. The second-order valence-corrected chi connectivity index (χ2v) is 4.02. The van der Waals surface area contributed by atoms with E-state index in [0.717, 1.165) is 11.1 Å². The fourth-order valence-corrected chi connectivity index (χ4v) is 1.58. The first kappa shape index (κ1) is 13.2. The molecule has 0 bridgehead atoms. The minimum absolute atomic E-state index is 0.00991. The predicted octanol–water partition coefficient (Wildman–Crippen LogP) is 2.86. The number of aliphatic hydroxyl groups excluding tert-OH is 1. The summed E-state index contributed by atoms with van der Waals surface area (Å²) in [5, 5.41) is 10.2. The molecule has 3 nitrogen and oxygen atoms in total. The summed E-state index contributed by atoms with van der Waals surface area (Å²) in [4.78, 5) is 15.2. The number of nitrogens with zero attached hydrogens (tertiary/aromatic N) is 1. The van der Waals surface area contributed by atoms with Gasteiger partial charge in [0.05, 0.1) is 5.57 Å². The topological polar surface area (TPSA) is 49.7 Å². The number of allylic oxidation sites excluding steroid dienone is 1. The predicted molar refractivity (Wildman–Crippen MR) is 70.6 cm³/mol. The molecule has 0 aliphatic carbocycles. The summed E-state index contributed by atoms with van der Waals surface area (Å²) in [6.07, 6.45) is 1.39. The number of hydrogen-bond acceptors (Lipinski definition) is 3. The first-order chi connectivity index (χ1) is 7.97. The summed E-state index contributed by atoms with van der Waals surface area (Å²) >= 11 is 0. The van der Waals surface area contributed by atoms with Crippen LogP contribution in [0.5, 0.6) is 0 Å². The Morgan fingerprint density at radius 3 is 2.53 bits per heavy atom. The van der Waals surface area contributed by atoms with E-state index in [-0.39, 0.29) is 17.1 Å². The summed E-state index contributed by atoms with van der Waals surface area (Å²) in [6, 6.07) is 5.74. The van der Waals surface area contributed by atoms with E-state index in [4.69, 9.17) is 0 Å². The van der Waals surface area contributed by atoms with Gasteiger partial charge in [-0.3, -0.25) is 9.79 Å². The van der Waals surface area contributed by atoms with E-state index in [9.17, 15) is 9.90 Å². The Bertz CT molecular complexity index is 499. The molecule has 1 aromatic carbocycles. The third-order valence-corrected chi connectivity index (χ3v) is 2.54. The third-order valence-electron chi connectivity index (χ3n) is 2.54. The number of aliphatic hydroxyl groups is 1. The molecule has 0 spiro atoms. The molecule has 0 amide bonds. The number of Topliss-reactive ketones (excluding diaryl/α,β-unsaturated/α-hetero) is 1. The summed E-state index contributed by atoms with van der Waals surface area (Å²) in [5.74, 6) is -0.210. The van der Waals surface area contributed by atoms with Crippen molar-refractivity contribution in [2.45, 2.75) is 20.8 Å². The third kappa shape index (κ3) is 3.03. The fraction of sp³-hybridized carbons (Fsp3) is 0.286. The van der Waals surface area contributed by atoms with Crippen LogP contribution in [-0.4, -0.2) is 24.2 Å². The van der Waals surface area contributed by atoms with Gasteiger partial charge in [0.1, 0.15) is 5.76 Å². The van der Waals surface area contributed by atoms with Crippen LogP contribution in [0.2, 0.25) is 0 Å². The summed E-state index contributed by atoms with van der Waals surface area (Å²) in [5.41, 5.74) is 2.88. The highest BCUT2D eigenvalue weighted by Gasteiger charge is 2.12. The van der Waals surface area contributed by atoms with Crippen molar-refractivity contribution >= 4 is 17.8 Å². The minimum atomic E-state index is -0.200. The Morgan fingerprint density at radius 1 is 1.35 bits per heavy atom. The molecule has 0 fully saturated rings. The van der Waals surface area contributed by atoms with Crippen LogP contribution in [0.25, 0.3) is 5.76 Å². The molecular weight excluding hydrogens is 214 g/mol. The number of aliphatic imine (C=N–C) groups is 1. The molecule has 0 aliphatic heterocycles. The van der Waals surface area contributed by atoms with Gasteiger partial charge in [-0.15, -0.1) is 0 Å². The highest BCUT2D eigenvalue weighted by atomic mass is 16.3. The Labute approximate surface area is 102 Å². The van der Waals surface area contributed by atoms with E-state index in [2.05, 4.69) is 4.99 Å². The Kier molecular flexibility index (Phi) is 4.21. The van der Waals surface area contributed by atoms with Gasteiger partial charge in [0.15, 0.2) is 5.78 Å². The smallest absolute Gasteiger partial charge is 0.165 e. The number of carbonyl (C=O) groups excluding carboxylic acids is 1. The van der Waals surface area contributed by atoms with E-state index in [1.165, 1.54) is 13.1 Å². The molecule has 0 unspecified atom stereocenters. The van der Waals surface area contributed by atoms with Crippen molar-refractivity contribution in [2.75, 3.05) is 7.05 Å². The highest BCUT2D eigenvalue weighted by molar-refractivity contribution is 6.17. The number of carbonyl (C=O) groups is 1. The lowest BCUT2D eigenvalue weighted by Crippen LogP contribution is -2.04. The standard InChI is InChI=1S/C14H17NO2/c1-9-5-6-10(2)12(7-9)14(17)13(8-15-4)11(3)16/h5-8,17H,1-4H3. The maximum Gasteiger partial charge on any atom is 0.165 e. The van der Waals surface area contributed by atoms with Gasteiger partial charge in [-0.05, 0) is 32.4 Å². The van der Waals surface area contributed by atoms with E-state index in [0.29, 0.717) is 5.56 Å². The molecule has 0 radical (unpaired) electrons. The normalized spacial score (nSPS) is 12.7. The molecule has 0 aliphatic rings. The Hall–Kier alpha value is -1.90. The van der Waals surface area contributed by atoms with Crippen LogP contribution in [0, 0.1) is 13.8 Å². The number of hydrogen-bond donors (Lipinski definition) is 1. The zero-order valence-electron chi connectivity index (χ0n) is 10.6. The van der Waals surface area contributed by atoms with E-state index >= 15 is 0 Å². The SMILES string of the molecule is CN=CC(C(C)=O)=C(O)c1cc(C)ccc1C. The van der Waals surface area contributed by atoms with Crippen LogP contribution in [0.15, 0.2) is 28.8 Å². The van der Waals surface area contributed by atoms with Crippen LogP contribution in [-0.2, 0) is 4.79 Å². The average Bonchev–Trinajstić information content (AvgIpc) is 2.28. The quantitative estimate of drug-likeness (QED) is 0.494. The number of benzene rings is 1. The van der Waals surface area contributed by atoms with Crippen molar-refractivity contribution in [1.82, 2.24) is 0 Å². The van der Waals surface area contributed by atoms with E-state index < -0.39 is 0 Å². The molecule has 0 atom stereocenters. The maximum absolute atomic E-state index is 11.4. The van der Waals surface area contributed by atoms with Gasteiger partial charge in [-0.1, -0.05) is 17.7 Å². The number of rotatable bonds is 3. The highest BCUT2D eigenvalue weighted by Crippen LogP contribution is 2.21.